The summed E-state index contributed by atoms with van der Waals surface area (Å²) >= 11 is 0. The number of aromatic amines is 1. The molecule has 0 saturated heterocycles. The number of pyridine rings is 2. The quantitative estimate of drug-likeness (QED) is 0.663. The fourth-order valence-corrected chi connectivity index (χ4v) is 2.83. The summed E-state index contributed by atoms with van der Waals surface area (Å²) in [5.41, 5.74) is 3.34. The van der Waals surface area contributed by atoms with E-state index in [-0.39, 0.29) is 5.91 Å². The molecule has 0 radical (unpaired) electrons. The van der Waals surface area contributed by atoms with Crippen molar-refractivity contribution in [3.05, 3.63) is 72.2 Å². The van der Waals surface area contributed by atoms with E-state index < -0.39 is 0 Å². The summed E-state index contributed by atoms with van der Waals surface area (Å²) in [4.78, 5) is 32.9. The van der Waals surface area contributed by atoms with Crippen LogP contribution in [0, 0.1) is 6.92 Å². The van der Waals surface area contributed by atoms with Crippen LogP contribution >= 0.6 is 0 Å². The average Bonchev–Trinajstić information content (AvgIpc) is 3.11. The van der Waals surface area contributed by atoms with Crippen molar-refractivity contribution in [1.82, 2.24) is 30.2 Å². The summed E-state index contributed by atoms with van der Waals surface area (Å²) in [5.74, 6) is 1.13. The maximum atomic E-state index is 12.4. The summed E-state index contributed by atoms with van der Waals surface area (Å²) in [6.07, 6.45) is 8.40. The Morgan fingerprint density at radius 2 is 1.93 bits per heavy atom. The third-order valence-electron chi connectivity index (χ3n) is 4.08. The molecule has 0 unspecified atom stereocenters. The molecule has 4 heterocycles. The summed E-state index contributed by atoms with van der Waals surface area (Å²) in [6, 6.07) is 7.31. The van der Waals surface area contributed by atoms with Gasteiger partial charge in [-0.15, -0.1) is 0 Å². The summed E-state index contributed by atoms with van der Waals surface area (Å²) < 4.78 is 0. The third kappa shape index (κ3) is 3.45. The van der Waals surface area contributed by atoms with E-state index in [1.807, 2.05) is 25.1 Å². The van der Waals surface area contributed by atoms with Gasteiger partial charge >= 0.3 is 0 Å². The minimum Gasteiger partial charge on any atom is -0.359 e. The number of anilines is 2. The zero-order valence-corrected chi connectivity index (χ0v) is 14.6. The molecular formula is C19H17N7O. The maximum Gasteiger partial charge on any atom is 0.254 e. The van der Waals surface area contributed by atoms with Crippen LogP contribution in [0.15, 0.2) is 55.2 Å². The number of aryl methyl sites for hydroxylation is 1. The molecule has 0 aromatic carbocycles. The number of aromatic nitrogens is 5. The van der Waals surface area contributed by atoms with E-state index in [9.17, 15) is 4.79 Å². The number of H-pyrrole nitrogens is 1. The second-order valence-corrected chi connectivity index (χ2v) is 5.90. The molecule has 0 atom stereocenters. The number of carbonyl (C=O) groups is 1. The number of hydrogen-bond acceptors (Lipinski definition) is 6. The zero-order chi connectivity index (χ0) is 18.6. The lowest BCUT2D eigenvalue weighted by Gasteiger charge is -2.11. The highest BCUT2D eigenvalue weighted by molar-refractivity contribution is 6.05. The molecule has 1 aliphatic heterocycles. The number of nitrogens with one attached hydrogen (secondary N) is 3. The highest BCUT2D eigenvalue weighted by Crippen LogP contribution is 2.31. The highest BCUT2D eigenvalue weighted by atomic mass is 16.1. The zero-order valence-electron chi connectivity index (χ0n) is 14.6. The van der Waals surface area contributed by atoms with Gasteiger partial charge < -0.3 is 15.6 Å². The normalized spacial score (nSPS) is 12.1. The molecule has 27 heavy (non-hydrogen) atoms. The monoisotopic (exact) mass is 359 g/mol. The van der Waals surface area contributed by atoms with Crippen LogP contribution in [0.4, 0.5) is 11.5 Å². The van der Waals surface area contributed by atoms with Crippen LogP contribution in [0.1, 0.15) is 21.7 Å². The molecule has 3 N–H and O–H groups in total. The molecule has 3 aromatic heterocycles. The molecule has 3 aromatic rings. The van der Waals surface area contributed by atoms with Crippen LogP contribution in [0.25, 0.3) is 11.4 Å². The number of amides is 1. The molecule has 8 nitrogen and oxygen atoms in total. The van der Waals surface area contributed by atoms with Crippen molar-refractivity contribution in [3.63, 3.8) is 0 Å². The topological polar surface area (TPSA) is 108 Å². The van der Waals surface area contributed by atoms with Gasteiger partial charge in [-0.1, -0.05) is 6.07 Å². The van der Waals surface area contributed by atoms with E-state index in [0.717, 1.165) is 5.56 Å². The third-order valence-corrected chi connectivity index (χ3v) is 4.08. The Kier molecular flexibility index (Phi) is 4.44. The largest absolute Gasteiger partial charge is 0.359 e. The van der Waals surface area contributed by atoms with Crippen LogP contribution in [-0.4, -0.2) is 30.8 Å². The van der Waals surface area contributed by atoms with Gasteiger partial charge in [-0.3, -0.25) is 9.78 Å². The molecule has 4 rings (SSSR count). The molecule has 0 aliphatic carbocycles. The van der Waals surface area contributed by atoms with Gasteiger partial charge in [0.1, 0.15) is 11.6 Å². The van der Waals surface area contributed by atoms with E-state index in [4.69, 9.17) is 0 Å². The van der Waals surface area contributed by atoms with E-state index >= 15 is 0 Å². The molecule has 8 heteroatoms. The van der Waals surface area contributed by atoms with Crippen LogP contribution in [0.2, 0.25) is 0 Å². The Bertz CT molecular complexity index is 1040. The van der Waals surface area contributed by atoms with Crippen molar-refractivity contribution in [1.29, 1.82) is 0 Å². The average molecular weight is 359 g/mol. The van der Waals surface area contributed by atoms with Crippen molar-refractivity contribution in [2.45, 2.75) is 13.5 Å². The fourth-order valence-electron chi connectivity index (χ4n) is 2.83. The van der Waals surface area contributed by atoms with Gasteiger partial charge in [0.25, 0.3) is 5.91 Å². The molecule has 0 saturated carbocycles. The van der Waals surface area contributed by atoms with Gasteiger partial charge in [0, 0.05) is 30.7 Å². The first-order valence-electron chi connectivity index (χ1n) is 8.41. The van der Waals surface area contributed by atoms with Crippen LogP contribution < -0.4 is 10.6 Å². The lowest BCUT2D eigenvalue weighted by atomic mass is 10.1. The molecule has 0 fully saturated rings. The smallest absolute Gasteiger partial charge is 0.254 e. The first-order valence-corrected chi connectivity index (χ1v) is 8.41. The predicted molar refractivity (Wildman–Crippen MR) is 101 cm³/mol. The Morgan fingerprint density at radius 3 is 2.78 bits per heavy atom. The van der Waals surface area contributed by atoms with Crippen LogP contribution in [0.3, 0.4) is 0 Å². The molecule has 134 valence electrons. The second kappa shape index (κ2) is 7.20. The number of fused-ring (bicyclic) bond motifs is 1. The molecule has 0 spiro atoms. The maximum absolute atomic E-state index is 12.4. The fraction of sp³-hybridized carbons (Fsp3) is 0.105. The summed E-state index contributed by atoms with van der Waals surface area (Å²) in [5, 5.41) is 6.04. The van der Waals surface area contributed by atoms with Crippen molar-refractivity contribution < 1.29 is 4.79 Å². The van der Waals surface area contributed by atoms with Gasteiger partial charge in [0.15, 0.2) is 0 Å². The van der Waals surface area contributed by atoms with Gasteiger partial charge in [-0.2, -0.15) is 0 Å². The van der Waals surface area contributed by atoms with E-state index in [1.165, 1.54) is 0 Å². The SMILES string of the molecule is Cc1nccc[nH]c(-c2ncc(Nc3ccccn3)c3c2CNC3=O)cn1. The van der Waals surface area contributed by atoms with Crippen molar-refractivity contribution in [3.8, 4) is 11.4 Å². The van der Waals surface area contributed by atoms with Gasteiger partial charge in [0.05, 0.1) is 35.0 Å². The summed E-state index contributed by atoms with van der Waals surface area (Å²) in [7, 11) is 0. The standard InChI is InChI=1S/C19H17N7O/c1-12-20-7-4-8-21-15(11-23-12)18-13-9-25-19(27)17(13)14(10-24-18)26-16-5-2-3-6-22-16/h2-8,10-11,21H,9H2,1H3,(H,22,26)(H,25,27). The van der Waals surface area contributed by atoms with Gasteiger partial charge in [0.2, 0.25) is 0 Å². The van der Waals surface area contributed by atoms with E-state index in [2.05, 4.69) is 35.6 Å². The molecular weight excluding hydrogens is 342 g/mol. The van der Waals surface area contributed by atoms with Crippen LogP contribution in [-0.2, 0) is 6.54 Å². The van der Waals surface area contributed by atoms with Gasteiger partial charge in [-0.25, -0.2) is 15.0 Å². The Hall–Kier alpha value is -3.81. The van der Waals surface area contributed by atoms with Crippen molar-refractivity contribution in [2.75, 3.05) is 5.32 Å². The van der Waals surface area contributed by atoms with Crippen molar-refractivity contribution >= 4 is 17.4 Å². The minimum absolute atomic E-state index is 0.144. The van der Waals surface area contributed by atoms with Crippen LogP contribution in [0.5, 0.6) is 0 Å². The van der Waals surface area contributed by atoms with E-state index in [1.54, 1.807) is 37.1 Å². The Labute approximate surface area is 155 Å². The van der Waals surface area contributed by atoms with Crippen molar-refractivity contribution in [2.24, 2.45) is 0 Å². The second-order valence-electron chi connectivity index (χ2n) is 5.90. The lowest BCUT2D eigenvalue weighted by molar-refractivity contribution is 0.0966. The first kappa shape index (κ1) is 16.6. The number of carbonyl (C=O) groups excluding carboxylic acids is 1. The van der Waals surface area contributed by atoms with Gasteiger partial charge in [-0.05, 0) is 25.1 Å². The molecule has 1 aliphatic rings. The Balaban J connectivity index is 1.83. The number of nitrogens with zero attached hydrogens (tertiary/aromatic N) is 4. The Morgan fingerprint density at radius 1 is 1.04 bits per heavy atom. The van der Waals surface area contributed by atoms with E-state index in [0.29, 0.717) is 40.8 Å². The highest BCUT2D eigenvalue weighted by Gasteiger charge is 2.27. The lowest BCUT2D eigenvalue weighted by Crippen LogP contribution is -2.13. The predicted octanol–water partition coefficient (Wildman–Crippen LogP) is 2.68. The summed E-state index contributed by atoms with van der Waals surface area (Å²) in [6.45, 7) is 2.21. The minimum atomic E-state index is -0.144. The molecule has 1 amide bonds. The first-order chi connectivity index (χ1) is 13.2. The molecule has 0 bridgehead atoms. The number of hydrogen-bond donors (Lipinski definition) is 3. The number of rotatable bonds is 3.